The number of ketones is 1. The van der Waals surface area contributed by atoms with E-state index in [-0.39, 0.29) is 28.0 Å². The largest absolute Gasteiger partial charge is 0.507 e. The van der Waals surface area contributed by atoms with E-state index < -0.39 is 17.3 Å². The number of carbonyl (C=O) groups is 2. The molecule has 3 rings (SSSR count). The summed E-state index contributed by atoms with van der Waals surface area (Å²) in [6, 6.07) is 13.0. The van der Waals surface area contributed by atoms with Gasteiger partial charge in [-0.1, -0.05) is 11.6 Å². The van der Waals surface area contributed by atoms with Crippen LogP contribution < -0.4 is 5.56 Å². The van der Waals surface area contributed by atoms with Crippen molar-refractivity contribution in [2.24, 2.45) is 0 Å². The lowest BCUT2D eigenvalue weighted by Gasteiger charge is -2.10. The first kappa shape index (κ1) is 18.6. The Morgan fingerprint density at radius 3 is 2.32 bits per heavy atom. The Balaban J connectivity index is 2.17. The van der Waals surface area contributed by atoms with Gasteiger partial charge in [-0.25, -0.2) is 4.79 Å². The van der Waals surface area contributed by atoms with Crippen molar-refractivity contribution in [1.29, 1.82) is 5.26 Å². The molecule has 28 heavy (non-hydrogen) atoms. The Kier molecular flexibility index (Phi) is 4.79. The minimum atomic E-state index is -1.12. The van der Waals surface area contributed by atoms with Crippen molar-refractivity contribution in [2.75, 3.05) is 0 Å². The van der Waals surface area contributed by atoms with E-state index in [1.54, 1.807) is 19.1 Å². The first-order valence-electron chi connectivity index (χ1n) is 8.16. The summed E-state index contributed by atoms with van der Waals surface area (Å²) in [5.41, 5.74) is 0.300. The van der Waals surface area contributed by atoms with Crippen LogP contribution in [0.25, 0.3) is 5.69 Å². The summed E-state index contributed by atoms with van der Waals surface area (Å²) in [5, 5.41) is 28.3. The smallest absolute Gasteiger partial charge is 0.335 e. The number of aryl methyl sites for hydroxylation is 1. The number of aromatic nitrogens is 1. The first-order chi connectivity index (χ1) is 13.3. The van der Waals surface area contributed by atoms with Crippen molar-refractivity contribution in [1.82, 2.24) is 4.57 Å². The zero-order valence-electron chi connectivity index (χ0n) is 14.7. The fourth-order valence-electron chi connectivity index (χ4n) is 2.73. The third-order valence-corrected chi connectivity index (χ3v) is 4.19. The standard InChI is InChI=1S/C21H14N2O5/c1-12-2-7-18(24)17(8-12)19(25)15-9-14(10-22)20(26)23(11-15)16-5-3-13(4-6-16)21(27)28/h2-9,11,24H,1H3,(H,27,28). The van der Waals surface area contributed by atoms with Gasteiger partial charge >= 0.3 is 5.97 Å². The number of pyridine rings is 1. The molecular formula is C21H14N2O5. The molecule has 2 aromatic carbocycles. The summed E-state index contributed by atoms with van der Waals surface area (Å²) in [6.45, 7) is 1.77. The van der Waals surface area contributed by atoms with E-state index in [1.807, 2.05) is 0 Å². The molecule has 1 heterocycles. The summed E-state index contributed by atoms with van der Waals surface area (Å²) in [7, 11) is 0. The highest BCUT2D eigenvalue weighted by Crippen LogP contribution is 2.22. The third-order valence-electron chi connectivity index (χ3n) is 4.19. The fraction of sp³-hybridized carbons (Fsp3) is 0.0476. The normalized spacial score (nSPS) is 10.3. The maximum atomic E-state index is 12.9. The van der Waals surface area contributed by atoms with Gasteiger partial charge in [0.2, 0.25) is 0 Å². The molecule has 0 saturated heterocycles. The summed E-state index contributed by atoms with van der Waals surface area (Å²) in [5.74, 6) is -1.87. The zero-order chi connectivity index (χ0) is 20.4. The molecule has 0 fully saturated rings. The van der Waals surface area contributed by atoms with Gasteiger partial charge in [-0.3, -0.25) is 14.2 Å². The van der Waals surface area contributed by atoms with Crippen LogP contribution in [0, 0.1) is 18.3 Å². The lowest BCUT2D eigenvalue weighted by molar-refractivity contribution is 0.0696. The molecule has 0 spiro atoms. The summed E-state index contributed by atoms with van der Waals surface area (Å²) >= 11 is 0. The minimum Gasteiger partial charge on any atom is -0.507 e. The van der Waals surface area contributed by atoms with E-state index in [4.69, 9.17) is 5.11 Å². The fourth-order valence-corrected chi connectivity index (χ4v) is 2.73. The van der Waals surface area contributed by atoms with Gasteiger partial charge in [0, 0.05) is 17.4 Å². The number of nitriles is 1. The third kappa shape index (κ3) is 3.39. The van der Waals surface area contributed by atoms with Crippen LogP contribution in [0.5, 0.6) is 5.75 Å². The topological polar surface area (TPSA) is 120 Å². The number of aromatic carboxylic acids is 1. The van der Waals surface area contributed by atoms with E-state index in [0.29, 0.717) is 5.69 Å². The van der Waals surface area contributed by atoms with Gasteiger partial charge < -0.3 is 10.2 Å². The molecule has 0 atom stereocenters. The Hall–Kier alpha value is -4.18. The van der Waals surface area contributed by atoms with Gasteiger partial charge in [0.25, 0.3) is 5.56 Å². The molecule has 138 valence electrons. The molecule has 1 aromatic heterocycles. The molecule has 0 amide bonds. The number of carboxylic acid groups (broad SMARTS) is 1. The van der Waals surface area contributed by atoms with Crippen molar-refractivity contribution in [3.63, 3.8) is 0 Å². The number of hydrogen-bond donors (Lipinski definition) is 2. The number of carbonyl (C=O) groups excluding carboxylic acids is 1. The Bertz CT molecular complexity index is 1200. The molecule has 0 aliphatic heterocycles. The number of phenols is 1. The van der Waals surface area contributed by atoms with Gasteiger partial charge in [-0.2, -0.15) is 5.26 Å². The lowest BCUT2D eigenvalue weighted by atomic mass is 10.0. The minimum absolute atomic E-state index is 0.0363. The van der Waals surface area contributed by atoms with Crippen LogP contribution in [0.4, 0.5) is 0 Å². The Labute approximate surface area is 159 Å². The number of nitrogens with zero attached hydrogens (tertiary/aromatic N) is 2. The quantitative estimate of drug-likeness (QED) is 0.677. The highest BCUT2D eigenvalue weighted by atomic mass is 16.4. The lowest BCUT2D eigenvalue weighted by Crippen LogP contribution is -2.22. The molecule has 0 saturated carbocycles. The second kappa shape index (κ2) is 7.21. The number of rotatable bonds is 4. The summed E-state index contributed by atoms with van der Waals surface area (Å²) < 4.78 is 1.10. The maximum absolute atomic E-state index is 12.9. The monoisotopic (exact) mass is 374 g/mol. The second-order valence-electron chi connectivity index (χ2n) is 6.13. The molecule has 0 bridgehead atoms. The Morgan fingerprint density at radius 1 is 1.04 bits per heavy atom. The first-order valence-corrected chi connectivity index (χ1v) is 8.16. The van der Waals surface area contributed by atoms with E-state index in [1.165, 1.54) is 48.7 Å². The molecule has 0 aliphatic carbocycles. The maximum Gasteiger partial charge on any atom is 0.335 e. The van der Waals surface area contributed by atoms with Crippen molar-refractivity contribution in [3.05, 3.63) is 92.9 Å². The van der Waals surface area contributed by atoms with Gasteiger partial charge in [-0.15, -0.1) is 0 Å². The van der Waals surface area contributed by atoms with Gasteiger partial charge in [0.05, 0.1) is 11.1 Å². The van der Waals surface area contributed by atoms with E-state index in [9.17, 15) is 24.8 Å². The van der Waals surface area contributed by atoms with Crippen LogP contribution in [0.3, 0.4) is 0 Å². The molecule has 3 aromatic rings. The molecule has 0 aliphatic rings. The number of carboxylic acids is 1. The van der Waals surface area contributed by atoms with Crippen LogP contribution in [-0.4, -0.2) is 26.5 Å². The summed E-state index contributed by atoms with van der Waals surface area (Å²) in [6.07, 6.45) is 1.27. The van der Waals surface area contributed by atoms with E-state index >= 15 is 0 Å². The molecule has 0 radical (unpaired) electrons. The Morgan fingerprint density at radius 2 is 1.71 bits per heavy atom. The number of phenolic OH excluding ortho intramolecular Hbond substituents is 1. The van der Waals surface area contributed by atoms with E-state index in [0.717, 1.165) is 10.1 Å². The SMILES string of the molecule is Cc1ccc(O)c(C(=O)c2cc(C#N)c(=O)n(-c3ccc(C(=O)O)cc3)c2)c1. The molecule has 2 N–H and O–H groups in total. The number of hydrogen-bond acceptors (Lipinski definition) is 5. The predicted molar refractivity (Wildman–Crippen MR) is 100.0 cm³/mol. The summed E-state index contributed by atoms with van der Waals surface area (Å²) in [4.78, 5) is 36.4. The van der Waals surface area contributed by atoms with Crippen molar-refractivity contribution in [2.45, 2.75) is 6.92 Å². The number of benzene rings is 2. The van der Waals surface area contributed by atoms with Crippen molar-refractivity contribution >= 4 is 11.8 Å². The van der Waals surface area contributed by atoms with Crippen LogP contribution in [0.15, 0.2) is 59.5 Å². The van der Waals surface area contributed by atoms with Gasteiger partial charge in [0.1, 0.15) is 17.4 Å². The second-order valence-corrected chi connectivity index (χ2v) is 6.13. The van der Waals surface area contributed by atoms with Crippen LogP contribution in [0.2, 0.25) is 0 Å². The van der Waals surface area contributed by atoms with Crippen LogP contribution >= 0.6 is 0 Å². The zero-order valence-corrected chi connectivity index (χ0v) is 14.7. The molecular weight excluding hydrogens is 360 g/mol. The molecule has 7 heteroatoms. The molecule has 0 unspecified atom stereocenters. The predicted octanol–water partition coefficient (Wildman–Crippen LogP) is 2.65. The highest BCUT2D eigenvalue weighted by Gasteiger charge is 2.18. The average Bonchev–Trinajstić information content (AvgIpc) is 2.69. The average molecular weight is 374 g/mol. The van der Waals surface area contributed by atoms with Crippen molar-refractivity contribution in [3.8, 4) is 17.5 Å². The van der Waals surface area contributed by atoms with Gasteiger partial charge in [-0.05, 0) is 49.4 Å². The molecule has 7 nitrogen and oxygen atoms in total. The van der Waals surface area contributed by atoms with Crippen LogP contribution in [0.1, 0.15) is 37.4 Å². The van der Waals surface area contributed by atoms with Crippen LogP contribution in [-0.2, 0) is 0 Å². The number of aromatic hydroxyl groups is 1. The van der Waals surface area contributed by atoms with Gasteiger partial charge in [0.15, 0.2) is 5.78 Å². The highest BCUT2D eigenvalue weighted by molar-refractivity contribution is 6.10. The van der Waals surface area contributed by atoms with E-state index in [2.05, 4.69) is 0 Å². The van der Waals surface area contributed by atoms with Crippen molar-refractivity contribution < 1.29 is 19.8 Å².